The molecule has 0 unspecified atom stereocenters. The molecule has 2 aromatic rings. The third-order valence-corrected chi connectivity index (χ3v) is 10.2. The van der Waals surface area contributed by atoms with Crippen LogP contribution in [0.2, 0.25) is 0 Å². The molecule has 5 rings (SSSR count). The third-order valence-electron chi connectivity index (χ3n) is 8.68. The number of hydrogen-bond donors (Lipinski definition) is 3. The number of fused-ring (bicyclic) bond motifs is 1. The van der Waals surface area contributed by atoms with E-state index >= 15 is 0 Å². The Bertz CT molecular complexity index is 1230. The Kier molecular flexibility index (Phi) is 8.55. The summed E-state index contributed by atoms with van der Waals surface area (Å²) in [5, 5.41) is 9.78. The van der Waals surface area contributed by atoms with Crippen LogP contribution in [-0.2, 0) is 4.79 Å². The molecule has 3 heterocycles. The van der Waals surface area contributed by atoms with Crippen LogP contribution in [0.3, 0.4) is 0 Å². The number of thioether (sulfide) groups is 1. The topological polar surface area (TPSA) is 76.7 Å². The van der Waals surface area contributed by atoms with Crippen molar-refractivity contribution < 1.29 is 9.59 Å². The zero-order valence-electron chi connectivity index (χ0n) is 24.9. The molecule has 2 aromatic carbocycles. The summed E-state index contributed by atoms with van der Waals surface area (Å²) in [5.41, 5.74) is 10.4. The fourth-order valence-corrected chi connectivity index (χ4v) is 8.73. The smallest absolute Gasteiger partial charge is 0.315 e. The lowest BCUT2D eigenvalue weighted by molar-refractivity contribution is -0.121. The van der Waals surface area contributed by atoms with E-state index in [0.29, 0.717) is 18.2 Å². The molecule has 0 radical (unpaired) electrons. The Morgan fingerprint density at radius 2 is 1.55 bits per heavy atom. The van der Waals surface area contributed by atoms with Crippen LogP contribution in [0.15, 0.2) is 24.3 Å². The molecule has 3 amide bonds. The van der Waals surface area contributed by atoms with Gasteiger partial charge < -0.3 is 25.8 Å². The minimum absolute atomic E-state index is 0.0390. The Morgan fingerprint density at radius 1 is 0.925 bits per heavy atom. The Hall–Kier alpha value is -2.87. The standard InChI is InChI=1S/C32H45N5O2S/c1-19-11-21(3)30(22(4)12-19)36-16-25(37(18-36)31-23(5)13-20(2)14-24(31)6)15-33-28(38)10-8-7-9-27-29-26(17-40-27)34-32(39)35-29/h11-14,25-27,29H,7-10,15-18H2,1-6H3,(H,33,38)(H2,34,35,39)/t25-,26-,27-,29-/m0/s1. The summed E-state index contributed by atoms with van der Waals surface area (Å²) in [6.07, 6.45) is 3.46. The highest BCUT2D eigenvalue weighted by Crippen LogP contribution is 2.36. The van der Waals surface area contributed by atoms with Crippen molar-refractivity contribution in [3.63, 3.8) is 0 Å². The predicted molar refractivity (Wildman–Crippen MR) is 167 cm³/mol. The molecular formula is C32H45N5O2S. The quantitative estimate of drug-likeness (QED) is 0.295. The van der Waals surface area contributed by atoms with E-state index in [1.165, 1.54) is 44.8 Å². The van der Waals surface area contributed by atoms with Gasteiger partial charge in [-0.1, -0.05) is 41.8 Å². The first-order chi connectivity index (χ1) is 19.1. The van der Waals surface area contributed by atoms with Crippen LogP contribution >= 0.6 is 11.8 Å². The van der Waals surface area contributed by atoms with Gasteiger partial charge in [0.15, 0.2) is 0 Å². The number of hydrogen-bond acceptors (Lipinski definition) is 5. The SMILES string of the molecule is Cc1cc(C)c(N2C[C@H](CNC(=O)CCCC[C@@H]3SC[C@@H]4NC(=O)N[C@@H]43)N(c3c(C)cc(C)cc3C)C2)c(C)c1. The number of carbonyl (C=O) groups is 2. The van der Waals surface area contributed by atoms with E-state index < -0.39 is 0 Å². The minimum atomic E-state index is -0.0390. The second-order valence-corrected chi connectivity index (χ2v) is 13.4. The monoisotopic (exact) mass is 563 g/mol. The zero-order chi connectivity index (χ0) is 28.6. The minimum Gasteiger partial charge on any atom is -0.354 e. The molecule has 40 heavy (non-hydrogen) atoms. The van der Waals surface area contributed by atoms with E-state index in [0.717, 1.165) is 38.2 Å². The lowest BCUT2D eigenvalue weighted by Crippen LogP contribution is -2.42. The van der Waals surface area contributed by atoms with Crippen LogP contribution in [0.5, 0.6) is 0 Å². The molecule has 3 N–H and O–H groups in total. The summed E-state index contributed by atoms with van der Waals surface area (Å²) in [5.74, 6) is 1.11. The largest absolute Gasteiger partial charge is 0.354 e. The van der Waals surface area contributed by atoms with Crippen LogP contribution in [0.4, 0.5) is 16.2 Å². The summed E-state index contributed by atoms with van der Waals surface area (Å²) in [6, 6.07) is 9.71. The number of rotatable bonds is 9. The van der Waals surface area contributed by atoms with Gasteiger partial charge in [0.2, 0.25) is 5.91 Å². The molecule has 8 heteroatoms. The first-order valence-electron chi connectivity index (χ1n) is 14.7. The molecule has 3 fully saturated rings. The van der Waals surface area contributed by atoms with Gasteiger partial charge in [0.1, 0.15) is 0 Å². The first-order valence-corrected chi connectivity index (χ1v) is 15.8. The molecular weight excluding hydrogens is 518 g/mol. The molecule has 4 atom stereocenters. The number of aryl methyl sites for hydroxylation is 6. The van der Waals surface area contributed by atoms with E-state index in [-0.39, 0.29) is 30.1 Å². The van der Waals surface area contributed by atoms with Crippen LogP contribution < -0.4 is 25.8 Å². The number of carbonyl (C=O) groups excluding carboxylic acids is 2. The third kappa shape index (κ3) is 6.07. The average Bonchev–Trinajstić information content (AvgIpc) is 3.54. The fraction of sp³-hybridized carbons (Fsp3) is 0.562. The summed E-state index contributed by atoms with van der Waals surface area (Å²) < 4.78 is 0. The van der Waals surface area contributed by atoms with Crippen molar-refractivity contribution in [2.75, 3.05) is 35.3 Å². The number of unbranched alkanes of at least 4 members (excludes halogenated alkanes) is 1. The van der Waals surface area contributed by atoms with Crippen molar-refractivity contribution in [1.29, 1.82) is 0 Å². The van der Waals surface area contributed by atoms with Gasteiger partial charge in [0, 0.05) is 41.9 Å². The van der Waals surface area contributed by atoms with Crippen LogP contribution in [0, 0.1) is 41.5 Å². The maximum atomic E-state index is 12.9. The number of nitrogens with zero attached hydrogens (tertiary/aromatic N) is 2. The Labute approximate surface area is 243 Å². The summed E-state index contributed by atoms with van der Waals surface area (Å²) in [7, 11) is 0. The molecule has 3 aliphatic rings. The van der Waals surface area contributed by atoms with E-state index in [4.69, 9.17) is 0 Å². The first kappa shape index (κ1) is 28.7. The molecule has 3 aliphatic heterocycles. The normalized spacial score (nSPS) is 23.8. The summed E-state index contributed by atoms with van der Waals surface area (Å²) in [6.45, 7) is 15.4. The zero-order valence-corrected chi connectivity index (χ0v) is 25.7. The van der Waals surface area contributed by atoms with Crippen molar-refractivity contribution in [3.8, 4) is 0 Å². The highest BCUT2D eigenvalue weighted by Gasteiger charge is 2.42. The lowest BCUT2D eigenvalue weighted by Gasteiger charge is -2.29. The van der Waals surface area contributed by atoms with Crippen molar-refractivity contribution in [2.24, 2.45) is 0 Å². The van der Waals surface area contributed by atoms with Gasteiger partial charge in [-0.25, -0.2) is 4.79 Å². The fourth-order valence-electron chi connectivity index (χ4n) is 7.19. The van der Waals surface area contributed by atoms with Gasteiger partial charge in [-0.05, 0) is 76.6 Å². The van der Waals surface area contributed by atoms with Crippen LogP contribution in [0.1, 0.15) is 59.1 Å². The maximum Gasteiger partial charge on any atom is 0.315 e. The molecule has 0 saturated carbocycles. The summed E-state index contributed by atoms with van der Waals surface area (Å²) >= 11 is 1.94. The van der Waals surface area contributed by atoms with Crippen molar-refractivity contribution >= 4 is 35.1 Å². The van der Waals surface area contributed by atoms with Gasteiger partial charge in [-0.2, -0.15) is 11.8 Å². The number of urea groups is 1. The number of benzene rings is 2. The van der Waals surface area contributed by atoms with Crippen molar-refractivity contribution in [1.82, 2.24) is 16.0 Å². The van der Waals surface area contributed by atoms with Crippen molar-refractivity contribution in [2.45, 2.75) is 90.6 Å². The average molecular weight is 564 g/mol. The highest BCUT2D eigenvalue weighted by molar-refractivity contribution is 8.00. The molecule has 0 aromatic heterocycles. The number of anilines is 2. The Morgan fingerprint density at radius 3 is 2.20 bits per heavy atom. The lowest BCUT2D eigenvalue weighted by atomic mass is 10.0. The van der Waals surface area contributed by atoms with Crippen LogP contribution in [-0.4, -0.2) is 60.8 Å². The maximum absolute atomic E-state index is 12.9. The second-order valence-electron chi connectivity index (χ2n) is 12.2. The highest BCUT2D eigenvalue weighted by atomic mass is 32.2. The summed E-state index contributed by atoms with van der Waals surface area (Å²) in [4.78, 5) is 29.5. The molecule has 0 spiro atoms. The predicted octanol–water partition coefficient (Wildman–Crippen LogP) is 5.03. The van der Waals surface area contributed by atoms with Gasteiger partial charge in [0.05, 0.1) is 24.8 Å². The van der Waals surface area contributed by atoms with Gasteiger partial charge in [0.25, 0.3) is 0 Å². The molecule has 3 saturated heterocycles. The van der Waals surface area contributed by atoms with Gasteiger partial charge in [-0.3, -0.25) is 4.79 Å². The van der Waals surface area contributed by atoms with E-state index in [1.54, 1.807) is 0 Å². The van der Waals surface area contributed by atoms with E-state index in [9.17, 15) is 9.59 Å². The van der Waals surface area contributed by atoms with E-state index in [1.807, 2.05) is 11.8 Å². The Balaban J connectivity index is 1.21. The van der Waals surface area contributed by atoms with Gasteiger partial charge in [-0.15, -0.1) is 0 Å². The van der Waals surface area contributed by atoms with Crippen molar-refractivity contribution in [3.05, 3.63) is 57.6 Å². The van der Waals surface area contributed by atoms with E-state index in [2.05, 4.69) is 91.6 Å². The number of nitrogens with one attached hydrogen (secondary N) is 3. The molecule has 0 bridgehead atoms. The van der Waals surface area contributed by atoms with Gasteiger partial charge >= 0.3 is 6.03 Å². The molecule has 7 nitrogen and oxygen atoms in total. The molecule has 0 aliphatic carbocycles. The molecule has 216 valence electrons. The second kappa shape index (κ2) is 11.9. The van der Waals surface area contributed by atoms with Crippen LogP contribution in [0.25, 0.3) is 0 Å². The number of amides is 3.